The van der Waals surface area contributed by atoms with Crippen molar-refractivity contribution in [3.8, 4) is 0 Å². The maximum atomic E-state index is 11.2. The lowest BCUT2D eigenvalue weighted by atomic mass is 10.2. The van der Waals surface area contributed by atoms with E-state index in [-0.39, 0.29) is 5.97 Å². The fraction of sp³-hybridized carbons (Fsp3) is 0.692. The van der Waals surface area contributed by atoms with E-state index in [1.165, 1.54) is 18.6 Å². The van der Waals surface area contributed by atoms with Crippen LogP contribution in [0.25, 0.3) is 0 Å². The van der Waals surface area contributed by atoms with Gasteiger partial charge in [0, 0.05) is 18.3 Å². The number of hydrogen-bond donors (Lipinski definition) is 1. The maximum absolute atomic E-state index is 11.2. The average Bonchev–Trinajstić information content (AvgIpc) is 2.84. The first kappa shape index (κ1) is 16.3. The molecular weight excluding hydrogens is 280 g/mol. The molecule has 19 heavy (non-hydrogen) atoms. The van der Waals surface area contributed by atoms with Crippen LogP contribution >= 0.6 is 23.1 Å². The van der Waals surface area contributed by atoms with Gasteiger partial charge >= 0.3 is 5.97 Å². The molecule has 1 N–H and O–H groups in total. The lowest BCUT2D eigenvalue weighted by molar-refractivity contribution is -0.143. The second-order valence-corrected chi connectivity index (χ2v) is 5.92. The minimum Gasteiger partial charge on any atom is -0.466 e. The summed E-state index contributed by atoms with van der Waals surface area (Å²) in [6.07, 6.45) is 5.59. The number of esters is 1. The SMILES string of the molecule is CCOC(=O)CCc1csc(NCCCCSC)n1. The van der Waals surface area contributed by atoms with Gasteiger partial charge in [0.2, 0.25) is 0 Å². The molecule has 108 valence electrons. The average molecular weight is 302 g/mol. The molecule has 1 aromatic heterocycles. The van der Waals surface area contributed by atoms with E-state index in [1.807, 2.05) is 24.1 Å². The monoisotopic (exact) mass is 302 g/mol. The lowest BCUT2D eigenvalue weighted by Gasteiger charge is -2.01. The number of nitrogens with one attached hydrogen (secondary N) is 1. The number of thiazole rings is 1. The van der Waals surface area contributed by atoms with Crippen LogP contribution in [-0.4, -0.2) is 36.1 Å². The highest BCUT2D eigenvalue weighted by atomic mass is 32.2. The van der Waals surface area contributed by atoms with Crippen LogP contribution in [0.3, 0.4) is 0 Å². The zero-order valence-corrected chi connectivity index (χ0v) is 13.2. The molecule has 0 bridgehead atoms. The molecule has 0 aliphatic heterocycles. The van der Waals surface area contributed by atoms with Gasteiger partial charge in [0.05, 0.1) is 18.7 Å². The summed E-state index contributed by atoms with van der Waals surface area (Å²) < 4.78 is 4.89. The summed E-state index contributed by atoms with van der Waals surface area (Å²) >= 11 is 3.48. The lowest BCUT2D eigenvalue weighted by Crippen LogP contribution is -2.05. The second-order valence-electron chi connectivity index (χ2n) is 4.08. The summed E-state index contributed by atoms with van der Waals surface area (Å²) in [7, 11) is 0. The quantitative estimate of drug-likeness (QED) is 0.531. The summed E-state index contributed by atoms with van der Waals surface area (Å²) in [6.45, 7) is 3.23. The van der Waals surface area contributed by atoms with Crippen molar-refractivity contribution in [1.29, 1.82) is 0 Å². The van der Waals surface area contributed by atoms with Gasteiger partial charge in [-0.25, -0.2) is 4.98 Å². The number of carbonyl (C=O) groups excluding carboxylic acids is 1. The molecule has 0 spiro atoms. The summed E-state index contributed by atoms with van der Waals surface area (Å²) in [5, 5.41) is 6.27. The molecule has 1 heterocycles. The normalized spacial score (nSPS) is 10.4. The number of anilines is 1. The molecule has 6 heteroatoms. The van der Waals surface area contributed by atoms with Gasteiger partial charge in [-0.1, -0.05) is 0 Å². The highest BCUT2D eigenvalue weighted by Crippen LogP contribution is 2.16. The van der Waals surface area contributed by atoms with Crippen molar-refractivity contribution >= 4 is 34.2 Å². The molecule has 1 aromatic rings. The molecule has 1 rings (SSSR count). The Labute approximate surface area is 123 Å². The number of carbonyl (C=O) groups is 1. The van der Waals surface area contributed by atoms with E-state index in [0.717, 1.165) is 17.4 Å². The number of ether oxygens (including phenoxy) is 1. The minimum absolute atomic E-state index is 0.151. The summed E-state index contributed by atoms with van der Waals surface area (Å²) in [4.78, 5) is 15.7. The molecule has 0 amide bonds. The third-order valence-corrected chi connectivity index (χ3v) is 4.04. The van der Waals surface area contributed by atoms with Gasteiger partial charge in [-0.05, 0) is 31.8 Å². The summed E-state index contributed by atoms with van der Waals surface area (Å²) in [5.41, 5.74) is 0.963. The fourth-order valence-corrected chi connectivity index (χ4v) is 2.80. The van der Waals surface area contributed by atoms with E-state index in [9.17, 15) is 4.79 Å². The Morgan fingerprint density at radius 3 is 3.11 bits per heavy atom. The molecule has 0 fully saturated rings. The van der Waals surface area contributed by atoms with Crippen LogP contribution in [-0.2, 0) is 16.0 Å². The van der Waals surface area contributed by atoms with Crippen LogP contribution in [0, 0.1) is 0 Å². The van der Waals surface area contributed by atoms with Crippen LogP contribution < -0.4 is 5.32 Å². The Hall–Kier alpha value is -0.750. The Bertz CT molecular complexity index is 369. The van der Waals surface area contributed by atoms with Crippen LogP contribution in [0.1, 0.15) is 31.9 Å². The van der Waals surface area contributed by atoms with E-state index >= 15 is 0 Å². The molecule has 0 unspecified atom stereocenters. The van der Waals surface area contributed by atoms with Crippen LogP contribution in [0.2, 0.25) is 0 Å². The van der Waals surface area contributed by atoms with Crippen molar-refractivity contribution in [2.75, 3.05) is 30.5 Å². The maximum Gasteiger partial charge on any atom is 0.306 e. The molecule has 0 radical (unpaired) electrons. The number of hydrogen-bond acceptors (Lipinski definition) is 6. The molecule has 0 saturated carbocycles. The highest BCUT2D eigenvalue weighted by molar-refractivity contribution is 7.98. The molecule has 0 atom stereocenters. The summed E-state index contributed by atoms with van der Waals surface area (Å²) in [6, 6.07) is 0. The zero-order valence-electron chi connectivity index (χ0n) is 11.6. The molecule has 0 aromatic carbocycles. The van der Waals surface area contributed by atoms with Gasteiger partial charge in [-0.2, -0.15) is 11.8 Å². The Balaban J connectivity index is 2.19. The highest BCUT2D eigenvalue weighted by Gasteiger charge is 2.06. The third-order valence-electron chi connectivity index (χ3n) is 2.49. The molecule has 0 aliphatic carbocycles. The Morgan fingerprint density at radius 2 is 2.37 bits per heavy atom. The van der Waals surface area contributed by atoms with E-state index in [2.05, 4.69) is 16.6 Å². The fourth-order valence-electron chi connectivity index (χ4n) is 1.53. The third kappa shape index (κ3) is 7.42. The van der Waals surface area contributed by atoms with Gasteiger partial charge < -0.3 is 10.1 Å². The van der Waals surface area contributed by atoms with Gasteiger partial charge in [-0.15, -0.1) is 11.3 Å². The summed E-state index contributed by atoms with van der Waals surface area (Å²) in [5.74, 6) is 1.06. The van der Waals surface area contributed by atoms with E-state index in [0.29, 0.717) is 19.4 Å². The predicted octanol–water partition coefficient (Wildman–Crippen LogP) is 3.19. The van der Waals surface area contributed by atoms with Gasteiger partial charge in [-0.3, -0.25) is 4.79 Å². The van der Waals surface area contributed by atoms with Gasteiger partial charge in [0.25, 0.3) is 0 Å². The second kappa shape index (κ2) is 10.1. The van der Waals surface area contributed by atoms with Crippen molar-refractivity contribution in [2.45, 2.75) is 32.6 Å². The van der Waals surface area contributed by atoms with Crippen molar-refractivity contribution in [3.63, 3.8) is 0 Å². The number of aromatic nitrogens is 1. The van der Waals surface area contributed by atoms with Crippen molar-refractivity contribution in [1.82, 2.24) is 4.98 Å². The first-order valence-electron chi connectivity index (χ1n) is 6.59. The number of rotatable bonds is 10. The van der Waals surface area contributed by atoms with E-state index < -0.39 is 0 Å². The first-order valence-corrected chi connectivity index (χ1v) is 8.86. The van der Waals surface area contributed by atoms with Gasteiger partial charge in [0.15, 0.2) is 5.13 Å². The predicted molar refractivity (Wildman–Crippen MR) is 83.2 cm³/mol. The Kier molecular flexibility index (Phi) is 8.66. The molecule has 0 aliphatic rings. The smallest absolute Gasteiger partial charge is 0.306 e. The number of thioether (sulfide) groups is 1. The number of nitrogens with zero attached hydrogens (tertiary/aromatic N) is 1. The standard InChI is InChI=1S/C13H22N2O2S2/c1-3-17-12(16)7-6-11-10-19-13(15-11)14-8-4-5-9-18-2/h10H,3-9H2,1-2H3,(H,14,15). The molecular formula is C13H22N2O2S2. The van der Waals surface area contributed by atoms with Crippen molar-refractivity contribution in [3.05, 3.63) is 11.1 Å². The van der Waals surface area contributed by atoms with E-state index in [1.54, 1.807) is 11.3 Å². The topological polar surface area (TPSA) is 51.2 Å². The van der Waals surface area contributed by atoms with Crippen LogP contribution in [0.5, 0.6) is 0 Å². The van der Waals surface area contributed by atoms with Crippen LogP contribution in [0.4, 0.5) is 5.13 Å². The van der Waals surface area contributed by atoms with Crippen molar-refractivity contribution in [2.24, 2.45) is 0 Å². The van der Waals surface area contributed by atoms with Gasteiger partial charge in [0.1, 0.15) is 0 Å². The van der Waals surface area contributed by atoms with Crippen LogP contribution in [0.15, 0.2) is 5.38 Å². The minimum atomic E-state index is -0.151. The van der Waals surface area contributed by atoms with Crippen molar-refractivity contribution < 1.29 is 9.53 Å². The Morgan fingerprint density at radius 1 is 1.53 bits per heavy atom. The zero-order chi connectivity index (χ0) is 13.9. The largest absolute Gasteiger partial charge is 0.466 e. The number of unbranched alkanes of at least 4 members (excludes halogenated alkanes) is 1. The van der Waals surface area contributed by atoms with E-state index in [4.69, 9.17) is 4.74 Å². The molecule has 4 nitrogen and oxygen atoms in total. The number of aryl methyl sites for hydroxylation is 1. The molecule has 0 saturated heterocycles. The first-order chi connectivity index (χ1) is 9.26.